The molecule has 0 bridgehead atoms. The van der Waals surface area contributed by atoms with Gasteiger partial charge in [0, 0.05) is 16.0 Å². The highest BCUT2D eigenvalue weighted by Crippen LogP contribution is 2.33. The van der Waals surface area contributed by atoms with Crippen LogP contribution in [0, 0.1) is 6.92 Å². The zero-order chi connectivity index (χ0) is 15.6. The Labute approximate surface area is 138 Å². The normalized spacial score (nSPS) is 12.2. The Hall–Kier alpha value is -0.933. The molecule has 1 heterocycles. The van der Waals surface area contributed by atoms with E-state index in [2.05, 4.69) is 80.9 Å². The summed E-state index contributed by atoms with van der Waals surface area (Å²) in [5, 5.41) is 2.77. The summed E-state index contributed by atoms with van der Waals surface area (Å²) in [6.07, 6.45) is 1.94. The van der Waals surface area contributed by atoms with Crippen LogP contribution < -0.4 is 10.5 Å². The molecule has 0 radical (unpaired) electrons. The predicted octanol–water partition coefficient (Wildman–Crippen LogP) is 4.54. The molecule has 0 amide bonds. The molecule has 1 aromatic heterocycles. The third kappa shape index (κ3) is 2.86. The summed E-state index contributed by atoms with van der Waals surface area (Å²) in [6.45, 7) is 11.6. The van der Waals surface area contributed by atoms with Gasteiger partial charge in [0.15, 0.2) is 0 Å². The molecule has 0 unspecified atom stereocenters. The monoisotopic (exact) mass is 361 g/mol. The highest BCUT2D eigenvalue weighted by Gasteiger charge is 2.45. The first-order chi connectivity index (χ1) is 9.90. The van der Waals surface area contributed by atoms with Crippen LogP contribution in [0.15, 0.2) is 47.1 Å². The fraction of sp³-hybridized carbons (Fsp3) is 0.389. The Bertz CT molecular complexity index is 600. The van der Waals surface area contributed by atoms with Crippen molar-refractivity contribution in [3.05, 3.63) is 52.6 Å². The number of aryl methyl sites for hydroxylation is 1. The van der Waals surface area contributed by atoms with Gasteiger partial charge in [0.05, 0.1) is 0 Å². The lowest BCUT2D eigenvalue weighted by Crippen LogP contribution is -2.64. The molecule has 112 valence electrons. The SMILES string of the molecule is Cc1ccc(Br)c([Si](c2ccccn2)(C(C)C)C(C)C)c1. The van der Waals surface area contributed by atoms with Gasteiger partial charge in [0.25, 0.3) is 0 Å². The molecule has 0 aliphatic rings. The number of pyridine rings is 1. The van der Waals surface area contributed by atoms with E-state index in [0.29, 0.717) is 11.1 Å². The molecular formula is C18H24BrNSi. The standard InChI is InChI=1S/C18H24BrNSi/c1-13(2)21(14(3)4,18-8-6-7-11-20-18)17-12-15(5)9-10-16(17)19/h6-14H,1-5H3. The Kier molecular flexibility index (Phi) is 5.05. The van der Waals surface area contributed by atoms with Crippen molar-refractivity contribution >= 4 is 34.5 Å². The van der Waals surface area contributed by atoms with Gasteiger partial charge >= 0.3 is 0 Å². The molecule has 1 nitrogen and oxygen atoms in total. The molecule has 0 atom stereocenters. The maximum absolute atomic E-state index is 4.78. The number of hydrogen-bond acceptors (Lipinski definition) is 1. The van der Waals surface area contributed by atoms with E-state index in [1.807, 2.05) is 12.3 Å². The first-order valence-electron chi connectivity index (χ1n) is 7.58. The summed E-state index contributed by atoms with van der Waals surface area (Å²) < 4.78 is 1.23. The summed E-state index contributed by atoms with van der Waals surface area (Å²) in [5.41, 5.74) is 2.50. The second-order valence-corrected chi connectivity index (χ2v) is 12.3. The van der Waals surface area contributed by atoms with Crippen LogP contribution in [-0.2, 0) is 0 Å². The first kappa shape index (κ1) is 16.4. The Balaban J connectivity index is 2.81. The second-order valence-electron chi connectivity index (χ2n) is 6.38. The van der Waals surface area contributed by atoms with Crippen molar-refractivity contribution < 1.29 is 0 Å². The van der Waals surface area contributed by atoms with Crippen molar-refractivity contribution in [1.82, 2.24) is 4.98 Å². The van der Waals surface area contributed by atoms with E-state index in [4.69, 9.17) is 4.98 Å². The minimum absolute atomic E-state index is 0.588. The van der Waals surface area contributed by atoms with Crippen molar-refractivity contribution in [3.8, 4) is 0 Å². The topological polar surface area (TPSA) is 12.9 Å². The minimum Gasteiger partial charge on any atom is -0.266 e. The maximum atomic E-state index is 4.78. The summed E-state index contributed by atoms with van der Waals surface area (Å²) in [4.78, 5) is 4.78. The highest BCUT2D eigenvalue weighted by atomic mass is 79.9. The van der Waals surface area contributed by atoms with Gasteiger partial charge in [-0.05, 0) is 41.4 Å². The van der Waals surface area contributed by atoms with Gasteiger partial charge in [-0.1, -0.05) is 67.4 Å². The molecule has 0 saturated carbocycles. The molecule has 0 fully saturated rings. The van der Waals surface area contributed by atoms with Gasteiger partial charge < -0.3 is 0 Å². The van der Waals surface area contributed by atoms with Crippen LogP contribution in [0.25, 0.3) is 0 Å². The van der Waals surface area contributed by atoms with E-state index in [1.54, 1.807) is 0 Å². The quantitative estimate of drug-likeness (QED) is 0.728. The zero-order valence-electron chi connectivity index (χ0n) is 13.5. The van der Waals surface area contributed by atoms with E-state index in [1.165, 1.54) is 20.5 Å². The Morgan fingerprint density at radius 1 is 1.00 bits per heavy atom. The molecule has 1 aromatic carbocycles. The highest BCUT2D eigenvalue weighted by molar-refractivity contribution is 9.10. The number of benzene rings is 1. The zero-order valence-corrected chi connectivity index (χ0v) is 16.1. The Morgan fingerprint density at radius 3 is 2.19 bits per heavy atom. The van der Waals surface area contributed by atoms with Gasteiger partial charge in [-0.15, -0.1) is 0 Å². The summed E-state index contributed by atoms with van der Waals surface area (Å²) in [5.74, 6) is 0. The predicted molar refractivity (Wildman–Crippen MR) is 98.3 cm³/mol. The lowest BCUT2D eigenvalue weighted by Gasteiger charge is -2.40. The molecule has 21 heavy (non-hydrogen) atoms. The van der Waals surface area contributed by atoms with Crippen LogP contribution in [0.3, 0.4) is 0 Å². The molecule has 0 N–H and O–H groups in total. The summed E-state index contributed by atoms with van der Waals surface area (Å²) in [7, 11) is -1.94. The van der Waals surface area contributed by atoms with Crippen LogP contribution in [-0.4, -0.2) is 13.1 Å². The fourth-order valence-electron chi connectivity index (χ4n) is 3.58. The molecular weight excluding hydrogens is 338 g/mol. The molecule has 0 saturated heterocycles. The molecule has 3 heteroatoms. The van der Waals surface area contributed by atoms with E-state index in [-0.39, 0.29) is 0 Å². The largest absolute Gasteiger partial charge is 0.266 e. The molecule has 0 spiro atoms. The van der Waals surface area contributed by atoms with Crippen LogP contribution >= 0.6 is 15.9 Å². The maximum Gasteiger partial charge on any atom is 0.147 e. The lowest BCUT2D eigenvalue weighted by molar-refractivity contribution is 0.922. The van der Waals surface area contributed by atoms with Gasteiger partial charge in [0.2, 0.25) is 0 Å². The molecule has 2 aromatic rings. The number of aromatic nitrogens is 1. The molecule has 2 rings (SSSR count). The van der Waals surface area contributed by atoms with E-state index >= 15 is 0 Å². The Morgan fingerprint density at radius 2 is 1.67 bits per heavy atom. The van der Waals surface area contributed by atoms with Crippen molar-refractivity contribution in [2.45, 2.75) is 45.7 Å². The second kappa shape index (κ2) is 6.45. The number of hydrogen-bond donors (Lipinski definition) is 0. The minimum atomic E-state index is -1.94. The summed E-state index contributed by atoms with van der Waals surface area (Å²) in [6, 6.07) is 13.1. The average molecular weight is 362 g/mol. The van der Waals surface area contributed by atoms with Crippen molar-refractivity contribution in [2.75, 3.05) is 0 Å². The van der Waals surface area contributed by atoms with Gasteiger partial charge in [0.1, 0.15) is 8.07 Å². The van der Waals surface area contributed by atoms with E-state index in [0.717, 1.165) is 0 Å². The van der Waals surface area contributed by atoms with E-state index in [9.17, 15) is 0 Å². The van der Waals surface area contributed by atoms with Crippen LogP contribution in [0.2, 0.25) is 11.1 Å². The fourth-order valence-corrected chi connectivity index (χ4v) is 10.5. The third-order valence-electron chi connectivity index (χ3n) is 4.48. The smallest absolute Gasteiger partial charge is 0.147 e. The number of nitrogens with zero attached hydrogens (tertiary/aromatic N) is 1. The van der Waals surface area contributed by atoms with Crippen LogP contribution in [0.1, 0.15) is 33.3 Å². The van der Waals surface area contributed by atoms with Crippen molar-refractivity contribution in [3.63, 3.8) is 0 Å². The first-order valence-corrected chi connectivity index (χ1v) is 10.5. The molecule has 0 aliphatic carbocycles. The van der Waals surface area contributed by atoms with E-state index < -0.39 is 8.07 Å². The van der Waals surface area contributed by atoms with Gasteiger partial charge in [-0.3, -0.25) is 4.98 Å². The average Bonchev–Trinajstić information content (AvgIpc) is 2.44. The van der Waals surface area contributed by atoms with Gasteiger partial charge in [-0.25, -0.2) is 0 Å². The van der Waals surface area contributed by atoms with Crippen molar-refractivity contribution in [2.24, 2.45) is 0 Å². The van der Waals surface area contributed by atoms with Crippen LogP contribution in [0.5, 0.6) is 0 Å². The number of halogens is 1. The van der Waals surface area contributed by atoms with Crippen molar-refractivity contribution in [1.29, 1.82) is 0 Å². The lowest BCUT2D eigenvalue weighted by atomic mass is 10.2. The van der Waals surface area contributed by atoms with Crippen LogP contribution in [0.4, 0.5) is 0 Å². The van der Waals surface area contributed by atoms with Gasteiger partial charge in [-0.2, -0.15) is 0 Å². The third-order valence-corrected chi connectivity index (χ3v) is 11.6. The summed E-state index contributed by atoms with van der Waals surface area (Å²) >= 11 is 3.81. The number of rotatable bonds is 4. The molecule has 0 aliphatic heterocycles.